The zero-order chi connectivity index (χ0) is 14.8. The van der Waals surface area contributed by atoms with E-state index in [2.05, 4.69) is 10.2 Å². The largest absolute Gasteiger partial charge is 0.504 e. The third-order valence-corrected chi connectivity index (χ3v) is 3.98. The lowest BCUT2D eigenvalue weighted by atomic mass is 9.89. The van der Waals surface area contributed by atoms with Gasteiger partial charge in [0.2, 0.25) is 5.91 Å². The molecule has 0 saturated carbocycles. The lowest BCUT2D eigenvalue weighted by Gasteiger charge is -2.23. The number of nitrogens with zero attached hydrogens (tertiary/aromatic N) is 1. The van der Waals surface area contributed by atoms with Gasteiger partial charge < -0.3 is 15.2 Å². The molecule has 5 heteroatoms. The normalized spacial score (nSPS) is 22.8. The number of hydrogen-bond acceptors (Lipinski definition) is 4. The Balaban J connectivity index is 2.04. The van der Waals surface area contributed by atoms with E-state index in [4.69, 9.17) is 4.74 Å². The highest BCUT2D eigenvalue weighted by Gasteiger charge is 2.39. The first-order valence-electron chi connectivity index (χ1n) is 6.79. The van der Waals surface area contributed by atoms with Gasteiger partial charge in [-0.1, -0.05) is 6.07 Å². The molecule has 0 radical (unpaired) electrons. The second kappa shape index (κ2) is 5.71. The Bertz CT molecular complexity index is 504. The summed E-state index contributed by atoms with van der Waals surface area (Å²) in [5.41, 5.74) is 0.760. The highest BCUT2D eigenvalue weighted by Crippen LogP contribution is 2.32. The molecule has 5 nitrogen and oxygen atoms in total. The number of phenolic OH excluding ortho intramolecular Hbond substituents is 1. The number of aromatic hydroxyl groups is 1. The molecule has 1 aromatic carbocycles. The van der Waals surface area contributed by atoms with Gasteiger partial charge in [0.1, 0.15) is 0 Å². The van der Waals surface area contributed by atoms with Gasteiger partial charge in [-0.3, -0.25) is 9.69 Å². The van der Waals surface area contributed by atoms with Crippen molar-refractivity contribution in [3.63, 3.8) is 0 Å². The van der Waals surface area contributed by atoms with Crippen LogP contribution < -0.4 is 10.1 Å². The second-order valence-corrected chi connectivity index (χ2v) is 5.61. The van der Waals surface area contributed by atoms with Crippen molar-refractivity contribution in [2.75, 3.05) is 27.2 Å². The molecule has 1 atom stereocenters. The molecule has 0 bridgehead atoms. The third kappa shape index (κ3) is 2.88. The average Bonchev–Trinajstić information content (AvgIpc) is 2.82. The predicted octanol–water partition coefficient (Wildman–Crippen LogP) is 1.36. The number of carbonyl (C=O) groups is 1. The molecule has 1 amide bonds. The van der Waals surface area contributed by atoms with Gasteiger partial charge in [-0.2, -0.15) is 0 Å². The highest BCUT2D eigenvalue weighted by molar-refractivity contribution is 5.82. The third-order valence-electron chi connectivity index (χ3n) is 3.98. The predicted molar refractivity (Wildman–Crippen MR) is 76.7 cm³/mol. The number of ether oxygens (including phenoxy) is 1. The standard InChI is InChI=1S/C15H22N2O3/c1-15(14(19)16-2)6-7-17(10-15)9-11-4-5-12(18)13(8-11)20-3/h4-5,8,18H,6-7,9-10H2,1-3H3,(H,16,19). The van der Waals surface area contributed by atoms with E-state index in [1.165, 1.54) is 7.11 Å². The number of methoxy groups -OCH3 is 1. The van der Waals surface area contributed by atoms with Crippen LogP contribution in [0.1, 0.15) is 18.9 Å². The van der Waals surface area contributed by atoms with Crippen molar-refractivity contribution in [1.29, 1.82) is 0 Å². The maximum absolute atomic E-state index is 11.9. The van der Waals surface area contributed by atoms with Gasteiger partial charge in [0.05, 0.1) is 12.5 Å². The van der Waals surface area contributed by atoms with Crippen molar-refractivity contribution in [3.05, 3.63) is 23.8 Å². The molecule has 0 aliphatic carbocycles. The van der Waals surface area contributed by atoms with Crippen molar-refractivity contribution >= 4 is 5.91 Å². The summed E-state index contributed by atoms with van der Waals surface area (Å²) in [5.74, 6) is 0.729. The summed E-state index contributed by atoms with van der Waals surface area (Å²) < 4.78 is 5.11. The topological polar surface area (TPSA) is 61.8 Å². The molecule has 1 aliphatic rings. The fourth-order valence-corrected chi connectivity index (χ4v) is 2.76. The molecular formula is C15H22N2O3. The van der Waals surface area contributed by atoms with Crippen LogP contribution in [0.5, 0.6) is 11.5 Å². The van der Waals surface area contributed by atoms with Crippen molar-refractivity contribution in [2.45, 2.75) is 19.9 Å². The molecule has 1 aromatic rings. The number of hydrogen-bond donors (Lipinski definition) is 2. The molecule has 1 fully saturated rings. The van der Waals surface area contributed by atoms with Crippen LogP contribution in [-0.4, -0.2) is 43.2 Å². The fourth-order valence-electron chi connectivity index (χ4n) is 2.76. The van der Waals surface area contributed by atoms with E-state index in [9.17, 15) is 9.90 Å². The van der Waals surface area contributed by atoms with Crippen molar-refractivity contribution in [3.8, 4) is 11.5 Å². The average molecular weight is 278 g/mol. The molecule has 0 aromatic heterocycles. The Hall–Kier alpha value is -1.75. The van der Waals surface area contributed by atoms with Crippen LogP contribution in [0, 0.1) is 5.41 Å². The number of amides is 1. The van der Waals surface area contributed by atoms with E-state index in [0.29, 0.717) is 5.75 Å². The first-order chi connectivity index (χ1) is 9.48. The van der Waals surface area contributed by atoms with E-state index >= 15 is 0 Å². The Labute approximate surface area is 119 Å². The summed E-state index contributed by atoms with van der Waals surface area (Å²) in [5, 5.41) is 12.3. The summed E-state index contributed by atoms with van der Waals surface area (Å²) in [6.07, 6.45) is 0.863. The fraction of sp³-hybridized carbons (Fsp3) is 0.533. The summed E-state index contributed by atoms with van der Waals surface area (Å²) >= 11 is 0. The van der Waals surface area contributed by atoms with Crippen molar-refractivity contribution in [2.24, 2.45) is 5.41 Å². The quantitative estimate of drug-likeness (QED) is 0.873. The summed E-state index contributed by atoms with van der Waals surface area (Å²) in [7, 11) is 3.22. The molecule has 20 heavy (non-hydrogen) atoms. The van der Waals surface area contributed by atoms with Crippen LogP contribution >= 0.6 is 0 Å². The monoisotopic (exact) mass is 278 g/mol. The Morgan fingerprint density at radius 1 is 1.55 bits per heavy atom. The minimum absolute atomic E-state index is 0.100. The zero-order valence-electron chi connectivity index (χ0n) is 12.3. The molecule has 1 aliphatic heterocycles. The van der Waals surface area contributed by atoms with E-state index in [1.807, 2.05) is 19.1 Å². The van der Waals surface area contributed by atoms with Crippen molar-refractivity contribution < 1.29 is 14.6 Å². The van der Waals surface area contributed by atoms with E-state index in [0.717, 1.165) is 31.6 Å². The number of likely N-dealkylation sites (tertiary alicyclic amines) is 1. The van der Waals surface area contributed by atoms with Crippen LogP contribution in [0.15, 0.2) is 18.2 Å². The van der Waals surface area contributed by atoms with Crippen LogP contribution in [0.4, 0.5) is 0 Å². The molecule has 1 unspecified atom stereocenters. The van der Waals surface area contributed by atoms with Gasteiger partial charge in [-0.05, 0) is 37.6 Å². The van der Waals surface area contributed by atoms with Crippen LogP contribution in [0.25, 0.3) is 0 Å². The van der Waals surface area contributed by atoms with Crippen molar-refractivity contribution in [1.82, 2.24) is 10.2 Å². The summed E-state index contributed by atoms with van der Waals surface area (Å²) in [6, 6.07) is 5.36. The Morgan fingerprint density at radius 3 is 2.95 bits per heavy atom. The van der Waals surface area contributed by atoms with Gasteiger partial charge in [-0.15, -0.1) is 0 Å². The molecule has 2 rings (SSSR count). The first kappa shape index (κ1) is 14.7. The zero-order valence-corrected chi connectivity index (χ0v) is 12.3. The maximum atomic E-state index is 11.9. The molecule has 110 valence electrons. The van der Waals surface area contributed by atoms with E-state index in [-0.39, 0.29) is 17.1 Å². The number of benzene rings is 1. The van der Waals surface area contributed by atoms with Crippen LogP contribution in [0.3, 0.4) is 0 Å². The lowest BCUT2D eigenvalue weighted by molar-refractivity contribution is -0.129. The minimum atomic E-state index is -0.310. The second-order valence-electron chi connectivity index (χ2n) is 5.61. The van der Waals surface area contributed by atoms with Crippen LogP contribution in [-0.2, 0) is 11.3 Å². The highest BCUT2D eigenvalue weighted by atomic mass is 16.5. The number of carbonyl (C=O) groups excluding carboxylic acids is 1. The van der Waals surface area contributed by atoms with Crippen LogP contribution in [0.2, 0.25) is 0 Å². The SMILES string of the molecule is CNC(=O)C1(C)CCN(Cc2ccc(O)c(OC)c2)C1. The molecule has 2 N–H and O–H groups in total. The Morgan fingerprint density at radius 2 is 2.30 bits per heavy atom. The minimum Gasteiger partial charge on any atom is -0.504 e. The van der Waals surface area contributed by atoms with Gasteiger partial charge in [0.25, 0.3) is 0 Å². The molecular weight excluding hydrogens is 256 g/mol. The molecule has 1 heterocycles. The van der Waals surface area contributed by atoms with E-state index < -0.39 is 0 Å². The molecule has 1 saturated heterocycles. The van der Waals surface area contributed by atoms with Gasteiger partial charge >= 0.3 is 0 Å². The van der Waals surface area contributed by atoms with Gasteiger partial charge in [-0.25, -0.2) is 0 Å². The van der Waals surface area contributed by atoms with Gasteiger partial charge in [0, 0.05) is 20.1 Å². The maximum Gasteiger partial charge on any atom is 0.227 e. The van der Waals surface area contributed by atoms with Gasteiger partial charge in [0.15, 0.2) is 11.5 Å². The lowest BCUT2D eigenvalue weighted by Crippen LogP contribution is -2.39. The number of phenols is 1. The van der Waals surface area contributed by atoms with E-state index in [1.54, 1.807) is 13.1 Å². The smallest absolute Gasteiger partial charge is 0.227 e. The Kier molecular flexibility index (Phi) is 4.18. The number of rotatable bonds is 4. The molecule has 0 spiro atoms. The first-order valence-corrected chi connectivity index (χ1v) is 6.79. The number of nitrogens with one attached hydrogen (secondary N) is 1. The summed E-state index contributed by atoms with van der Waals surface area (Å²) in [6.45, 7) is 4.40. The summed E-state index contributed by atoms with van der Waals surface area (Å²) in [4.78, 5) is 14.1.